The van der Waals surface area contributed by atoms with Crippen molar-refractivity contribution in [1.82, 2.24) is 0 Å². The second-order valence-corrected chi connectivity index (χ2v) is 11.9. The van der Waals surface area contributed by atoms with Crippen LogP contribution in [-0.2, 0) is 28.8 Å². The molecule has 0 radical (unpaired) electrons. The van der Waals surface area contributed by atoms with Gasteiger partial charge in [0.25, 0.3) is 0 Å². The molecule has 0 unspecified atom stereocenters. The molecule has 0 atom stereocenters. The zero-order chi connectivity index (χ0) is 11.7. The van der Waals surface area contributed by atoms with Gasteiger partial charge in [-0.05, 0) is 0 Å². The standard InChI is InChI=1S/3CO2.3CH3.In/c3*2-1-3;;;;/h;;;3*1H3;. The molecule has 0 aliphatic carbocycles. The van der Waals surface area contributed by atoms with Crippen LogP contribution >= 0.6 is 0 Å². The van der Waals surface area contributed by atoms with E-state index in [0.717, 1.165) is 0 Å². The fourth-order valence-corrected chi connectivity index (χ4v) is 0. The molecule has 0 heterocycles. The maximum atomic E-state index is 8.12. The zero-order valence-electron chi connectivity index (χ0n) is 7.53. The molecular weight excluding hydrogens is 283 g/mol. The van der Waals surface area contributed by atoms with Gasteiger partial charge >= 0.3 is 53.9 Å². The van der Waals surface area contributed by atoms with Gasteiger partial charge in [-0.15, -0.1) is 0 Å². The minimum absolute atomic E-state index is 0.250. The third-order valence-electron chi connectivity index (χ3n) is 0. The molecule has 0 N–H and O–H groups in total. The fraction of sp³-hybridized carbons (Fsp3) is 0.500. The van der Waals surface area contributed by atoms with Gasteiger partial charge in [0.15, 0.2) is 0 Å². The molecular formula is C6H9InO6. The molecule has 0 saturated heterocycles. The summed E-state index contributed by atoms with van der Waals surface area (Å²) in [4.78, 5) is 48.8. The van der Waals surface area contributed by atoms with Crippen LogP contribution in [0.2, 0.25) is 14.0 Å². The second-order valence-electron chi connectivity index (χ2n) is 1.98. The molecule has 0 spiro atoms. The van der Waals surface area contributed by atoms with E-state index >= 15 is 0 Å². The molecule has 13 heavy (non-hydrogen) atoms. The molecule has 0 fully saturated rings. The quantitative estimate of drug-likeness (QED) is 0.603. The number of hydrogen-bond donors (Lipinski definition) is 0. The van der Waals surface area contributed by atoms with E-state index in [0.29, 0.717) is 0 Å². The van der Waals surface area contributed by atoms with Crippen molar-refractivity contribution in [2.45, 2.75) is 14.0 Å². The molecule has 0 amide bonds. The van der Waals surface area contributed by atoms with Crippen molar-refractivity contribution in [3.63, 3.8) is 0 Å². The molecule has 0 bridgehead atoms. The summed E-state index contributed by atoms with van der Waals surface area (Å²) < 4.78 is 7.13. The van der Waals surface area contributed by atoms with Crippen LogP contribution in [0.4, 0.5) is 0 Å². The Morgan fingerprint density at radius 1 is 0.615 bits per heavy atom. The van der Waals surface area contributed by atoms with Gasteiger partial charge in [0.05, 0.1) is 0 Å². The number of carbonyl (C=O) groups excluding carboxylic acids is 6. The fourth-order valence-electron chi connectivity index (χ4n) is 0. The summed E-state index contributed by atoms with van der Waals surface area (Å²) in [7, 11) is 0. The van der Waals surface area contributed by atoms with Crippen molar-refractivity contribution in [2.75, 3.05) is 0 Å². The molecule has 0 rings (SSSR count). The van der Waals surface area contributed by atoms with Gasteiger partial charge in [0.1, 0.15) is 0 Å². The Morgan fingerprint density at radius 2 is 0.615 bits per heavy atom. The summed E-state index contributed by atoms with van der Waals surface area (Å²) in [5, 5.41) is 0. The first kappa shape index (κ1) is 22.7. The predicted molar refractivity (Wildman–Crippen MR) is 38.4 cm³/mol. The van der Waals surface area contributed by atoms with E-state index in [-0.39, 0.29) is 18.5 Å². The Bertz CT molecular complexity index is 138. The van der Waals surface area contributed by atoms with Crippen LogP contribution < -0.4 is 0 Å². The predicted octanol–water partition coefficient (Wildman–Crippen LogP) is -0.380. The Hall–Kier alpha value is -0.990. The molecule has 0 aromatic rings. The van der Waals surface area contributed by atoms with Crippen molar-refractivity contribution >= 4 is 39.9 Å². The maximum absolute atomic E-state index is 8.12. The van der Waals surface area contributed by atoms with E-state index in [1.807, 2.05) is 0 Å². The summed E-state index contributed by atoms with van der Waals surface area (Å²) in [5.74, 6) is 0. The van der Waals surface area contributed by atoms with E-state index in [2.05, 4.69) is 14.0 Å². The topological polar surface area (TPSA) is 102 Å². The van der Waals surface area contributed by atoms with E-state index < -0.39 is 21.4 Å². The molecule has 0 aromatic heterocycles. The van der Waals surface area contributed by atoms with Crippen LogP contribution in [0, 0.1) is 0 Å². The van der Waals surface area contributed by atoms with Gasteiger partial charge in [-0.3, -0.25) is 0 Å². The number of hydrogen-bond acceptors (Lipinski definition) is 6. The third-order valence-corrected chi connectivity index (χ3v) is 0. The molecule has 72 valence electrons. The SMILES string of the molecule is O=C=O.O=C=O.O=C=O.[CH3][In]([CH3])[CH3]. The third kappa shape index (κ3) is 912. The van der Waals surface area contributed by atoms with E-state index in [9.17, 15) is 0 Å². The average molecular weight is 292 g/mol. The van der Waals surface area contributed by atoms with Gasteiger partial charge in [-0.2, -0.15) is 28.8 Å². The van der Waals surface area contributed by atoms with Gasteiger partial charge in [-0.1, -0.05) is 0 Å². The Balaban J connectivity index is -0.0000000420. The molecule has 7 heteroatoms. The Morgan fingerprint density at radius 3 is 0.615 bits per heavy atom. The Kier molecular flexibility index (Phi) is 76.7. The zero-order valence-corrected chi connectivity index (χ0v) is 10.8. The van der Waals surface area contributed by atoms with E-state index in [1.54, 1.807) is 0 Å². The van der Waals surface area contributed by atoms with Gasteiger partial charge in [0.2, 0.25) is 0 Å². The first-order chi connectivity index (χ1) is 5.97. The molecule has 0 aliphatic rings. The molecule has 0 aromatic carbocycles. The summed E-state index contributed by atoms with van der Waals surface area (Å²) in [6, 6.07) is 0. The summed E-state index contributed by atoms with van der Waals surface area (Å²) in [5.41, 5.74) is 0. The van der Waals surface area contributed by atoms with Crippen LogP contribution in [0.1, 0.15) is 0 Å². The van der Waals surface area contributed by atoms with Crippen molar-refractivity contribution < 1.29 is 28.8 Å². The number of rotatable bonds is 0. The summed E-state index contributed by atoms with van der Waals surface area (Å²) in [6.45, 7) is 0. The monoisotopic (exact) mass is 292 g/mol. The first-order valence-corrected chi connectivity index (χ1v) is 12.8. The normalized spacial score (nSPS) is 3.92. The molecule has 0 aliphatic heterocycles. The first-order valence-electron chi connectivity index (χ1n) is 2.96. The van der Waals surface area contributed by atoms with Crippen molar-refractivity contribution in [3.8, 4) is 0 Å². The summed E-state index contributed by atoms with van der Waals surface area (Å²) >= 11 is -0.637. The second kappa shape index (κ2) is 44.0. The van der Waals surface area contributed by atoms with Crippen molar-refractivity contribution in [3.05, 3.63) is 0 Å². The van der Waals surface area contributed by atoms with Crippen molar-refractivity contribution in [2.24, 2.45) is 0 Å². The van der Waals surface area contributed by atoms with E-state index in [1.165, 1.54) is 0 Å². The Labute approximate surface area is 82.8 Å². The van der Waals surface area contributed by atoms with Crippen LogP contribution in [0.15, 0.2) is 0 Å². The molecule has 0 saturated carbocycles. The van der Waals surface area contributed by atoms with Crippen LogP contribution in [0.5, 0.6) is 0 Å². The minimum atomic E-state index is -0.637. The van der Waals surface area contributed by atoms with Gasteiger partial charge in [0, 0.05) is 0 Å². The average Bonchev–Trinajstić information content (AvgIpc) is 1.88. The van der Waals surface area contributed by atoms with Crippen LogP contribution in [0.25, 0.3) is 0 Å². The van der Waals surface area contributed by atoms with Crippen molar-refractivity contribution in [1.29, 1.82) is 0 Å². The van der Waals surface area contributed by atoms with Gasteiger partial charge in [-0.25, -0.2) is 0 Å². The van der Waals surface area contributed by atoms with Gasteiger partial charge < -0.3 is 0 Å². The van der Waals surface area contributed by atoms with Crippen LogP contribution in [0.3, 0.4) is 0 Å². The van der Waals surface area contributed by atoms with E-state index in [4.69, 9.17) is 28.8 Å². The summed E-state index contributed by atoms with van der Waals surface area (Å²) in [6.07, 6.45) is 0.750. The molecule has 6 nitrogen and oxygen atoms in total. The van der Waals surface area contributed by atoms with Crippen LogP contribution in [-0.4, -0.2) is 39.9 Å².